The van der Waals surface area contributed by atoms with E-state index in [2.05, 4.69) is 0 Å². The Bertz CT molecular complexity index is 726. The summed E-state index contributed by atoms with van der Waals surface area (Å²) in [5, 5.41) is 56.7. The molecule has 0 aromatic heterocycles. The first-order valence-electron chi connectivity index (χ1n) is 5.78. The molecule has 21 heavy (non-hydrogen) atoms. The Labute approximate surface area is 118 Å². The van der Waals surface area contributed by atoms with Crippen molar-refractivity contribution in [2.24, 2.45) is 0 Å². The van der Waals surface area contributed by atoms with E-state index in [1.807, 2.05) is 0 Å². The maximum atomic E-state index is 12.2. The van der Waals surface area contributed by atoms with Gasteiger partial charge < -0.3 is 30.6 Å². The lowest BCUT2D eigenvalue weighted by molar-refractivity contribution is 0.103. The van der Waals surface area contributed by atoms with E-state index in [9.17, 15) is 35.4 Å². The summed E-state index contributed by atoms with van der Waals surface area (Å²) in [4.78, 5) is 12.2. The van der Waals surface area contributed by atoms with E-state index < -0.39 is 40.3 Å². The van der Waals surface area contributed by atoms with Crippen LogP contribution >= 0.6 is 0 Å². The van der Waals surface area contributed by atoms with E-state index in [1.54, 1.807) is 0 Å². The molecule has 2 aromatic carbocycles. The second-order valence-electron chi connectivity index (χ2n) is 4.48. The van der Waals surface area contributed by atoms with Crippen LogP contribution in [0.15, 0.2) is 18.2 Å². The van der Waals surface area contributed by atoms with Crippen molar-refractivity contribution in [2.75, 3.05) is 0 Å². The summed E-state index contributed by atoms with van der Waals surface area (Å²) in [5.41, 5.74) is -0.393. The van der Waals surface area contributed by atoms with Gasteiger partial charge in [-0.25, -0.2) is 0 Å². The molecule has 7 heteroatoms. The molecule has 110 valence electrons. The quantitative estimate of drug-likeness (QED) is 0.364. The van der Waals surface area contributed by atoms with Crippen molar-refractivity contribution in [3.63, 3.8) is 0 Å². The van der Waals surface area contributed by atoms with Crippen LogP contribution in [-0.4, -0.2) is 36.4 Å². The molecule has 0 aliphatic carbocycles. The summed E-state index contributed by atoms with van der Waals surface area (Å²) in [6, 6.07) is 2.94. The third kappa shape index (κ3) is 2.25. The SMILES string of the molecule is Cc1cc(C(=O)c2cc(O)c(O)c(O)c2)c(O)c(O)c1O. The molecule has 0 amide bonds. The van der Waals surface area contributed by atoms with E-state index in [0.29, 0.717) is 0 Å². The van der Waals surface area contributed by atoms with E-state index >= 15 is 0 Å². The fourth-order valence-corrected chi connectivity index (χ4v) is 1.84. The summed E-state index contributed by atoms with van der Waals surface area (Å²) in [5.74, 6) is -5.24. The van der Waals surface area contributed by atoms with Crippen molar-refractivity contribution in [2.45, 2.75) is 6.92 Å². The van der Waals surface area contributed by atoms with Gasteiger partial charge in [-0.2, -0.15) is 0 Å². The van der Waals surface area contributed by atoms with Crippen LogP contribution in [0.3, 0.4) is 0 Å². The molecule has 0 spiro atoms. The number of carbonyl (C=O) groups excluding carboxylic acids is 1. The number of benzene rings is 2. The molecule has 0 aliphatic heterocycles. The number of ketones is 1. The fourth-order valence-electron chi connectivity index (χ4n) is 1.84. The van der Waals surface area contributed by atoms with Gasteiger partial charge >= 0.3 is 0 Å². The molecule has 0 heterocycles. The van der Waals surface area contributed by atoms with Crippen molar-refractivity contribution in [1.29, 1.82) is 0 Å². The highest BCUT2D eigenvalue weighted by molar-refractivity contribution is 6.12. The van der Waals surface area contributed by atoms with Gasteiger partial charge in [-0.05, 0) is 30.7 Å². The number of hydrogen-bond acceptors (Lipinski definition) is 7. The van der Waals surface area contributed by atoms with Crippen LogP contribution in [0.5, 0.6) is 34.5 Å². The van der Waals surface area contributed by atoms with Crippen LogP contribution in [0.1, 0.15) is 21.5 Å². The van der Waals surface area contributed by atoms with Crippen molar-refractivity contribution in [3.8, 4) is 34.5 Å². The molecule has 0 saturated carbocycles. The van der Waals surface area contributed by atoms with Crippen molar-refractivity contribution >= 4 is 5.78 Å². The monoisotopic (exact) mass is 292 g/mol. The summed E-state index contributed by atoms with van der Waals surface area (Å²) in [7, 11) is 0. The van der Waals surface area contributed by atoms with Crippen LogP contribution in [0, 0.1) is 6.92 Å². The summed E-state index contributed by atoms with van der Waals surface area (Å²) in [6.07, 6.45) is 0. The number of aryl methyl sites for hydroxylation is 1. The number of carbonyl (C=O) groups is 1. The average Bonchev–Trinajstić information content (AvgIpc) is 2.45. The Balaban J connectivity index is 2.61. The molecule has 0 radical (unpaired) electrons. The second-order valence-corrected chi connectivity index (χ2v) is 4.48. The summed E-state index contributed by atoms with van der Waals surface area (Å²) < 4.78 is 0. The highest BCUT2D eigenvalue weighted by atomic mass is 16.3. The van der Waals surface area contributed by atoms with Crippen LogP contribution in [-0.2, 0) is 0 Å². The van der Waals surface area contributed by atoms with E-state index in [4.69, 9.17) is 0 Å². The highest BCUT2D eigenvalue weighted by Gasteiger charge is 2.22. The zero-order valence-corrected chi connectivity index (χ0v) is 10.8. The highest BCUT2D eigenvalue weighted by Crippen LogP contribution is 2.42. The molecule has 0 saturated heterocycles. The number of hydrogen-bond donors (Lipinski definition) is 6. The third-order valence-corrected chi connectivity index (χ3v) is 3.01. The maximum Gasteiger partial charge on any atom is 0.201 e. The Hall–Kier alpha value is -3.09. The average molecular weight is 292 g/mol. The molecule has 2 aromatic rings. The van der Waals surface area contributed by atoms with Gasteiger partial charge in [-0.15, -0.1) is 0 Å². The van der Waals surface area contributed by atoms with Gasteiger partial charge in [0.15, 0.2) is 34.5 Å². The Morgan fingerprint density at radius 1 is 0.762 bits per heavy atom. The van der Waals surface area contributed by atoms with Crippen LogP contribution in [0.4, 0.5) is 0 Å². The molecule has 6 N–H and O–H groups in total. The summed E-state index contributed by atoms with van der Waals surface area (Å²) >= 11 is 0. The zero-order chi connectivity index (χ0) is 15.9. The maximum absolute atomic E-state index is 12.2. The lowest BCUT2D eigenvalue weighted by Crippen LogP contribution is -2.02. The second kappa shape index (κ2) is 4.78. The fraction of sp³-hybridized carbons (Fsp3) is 0.0714. The largest absolute Gasteiger partial charge is 0.504 e. The predicted molar refractivity (Wildman–Crippen MR) is 71.0 cm³/mol. The number of rotatable bonds is 2. The first-order valence-corrected chi connectivity index (χ1v) is 5.78. The number of phenols is 6. The third-order valence-electron chi connectivity index (χ3n) is 3.01. The smallest absolute Gasteiger partial charge is 0.201 e. The molecule has 2 rings (SSSR count). The molecule has 0 unspecified atom stereocenters. The Kier molecular flexibility index (Phi) is 3.26. The topological polar surface area (TPSA) is 138 Å². The molecule has 0 bridgehead atoms. The minimum atomic E-state index is -0.842. The first kappa shape index (κ1) is 14.3. The molecule has 0 atom stereocenters. The van der Waals surface area contributed by atoms with E-state index in [-0.39, 0.29) is 16.7 Å². The van der Waals surface area contributed by atoms with Crippen molar-refractivity contribution in [3.05, 3.63) is 34.9 Å². The molecule has 0 aliphatic rings. The summed E-state index contributed by atoms with van der Waals surface area (Å²) in [6.45, 7) is 1.41. The molecular formula is C14H12O7. The standard InChI is InChI=1S/C14H12O7/c1-5-2-7(12(19)14(21)10(5)17)11(18)6-3-8(15)13(20)9(16)4-6/h2-4,15-17,19-21H,1H3. The van der Waals surface area contributed by atoms with Gasteiger partial charge in [0.05, 0.1) is 5.56 Å². The van der Waals surface area contributed by atoms with Gasteiger partial charge in [-0.3, -0.25) is 4.79 Å². The van der Waals surface area contributed by atoms with E-state index in [0.717, 1.165) is 18.2 Å². The zero-order valence-electron chi connectivity index (χ0n) is 10.8. The normalized spacial score (nSPS) is 10.5. The lowest BCUT2D eigenvalue weighted by Gasteiger charge is -2.10. The van der Waals surface area contributed by atoms with Gasteiger partial charge in [-0.1, -0.05) is 0 Å². The van der Waals surface area contributed by atoms with E-state index in [1.165, 1.54) is 6.92 Å². The predicted octanol–water partition coefficient (Wildman–Crippen LogP) is 1.46. The number of aromatic hydroxyl groups is 6. The lowest BCUT2D eigenvalue weighted by atomic mass is 9.99. The molecular weight excluding hydrogens is 280 g/mol. The molecule has 7 nitrogen and oxygen atoms in total. The van der Waals surface area contributed by atoms with Crippen LogP contribution in [0.25, 0.3) is 0 Å². The molecule has 0 fully saturated rings. The number of phenolic OH excluding ortho intramolecular Hbond substituents is 6. The minimum Gasteiger partial charge on any atom is -0.504 e. The van der Waals surface area contributed by atoms with Gasteiger partial charge in [0, 0.05) is 5.56 Å². The Morgan fingerprint density at radius 2 is 1.29 bits per heavy atom. The van der Waals surface area contributed by atoms with Crippen molar-refractivity contribution < 1.29 is 35.4 Å². The Morgan fingerprint density at radius 3 is 1.81 bits per heavy atom. The van der Waals surface area contributed by atoms with Crippen molar-refractivity contribution in [1.82, 2.24) is 0 Å². The van der Waals surface area contributed by atoms with Gasteiger partial charge in [0.25, 0.3) is 0 Å². The first-order chi connectivity index (χ1) is 9.73. The van der Waals surface area contributed by atoms with Gasteiger partial charge in [0.2, 0.25) is 5.75 Å². The van der Waals surface area contributed by atoms with Crippen LogP contribution < -0.4 is 0 Å². The van der Waals surface area contributed by atoms with Crippen LogP contribution in [0.2, 0.25) is 0 Å². The van der Waals surface area contributed by atoms with Gasteiger partial charge in [0.1, 0.15) is 0 Å². The minimum absolute atomic E-state index is 0.154.